The first-order chi connectivity index (χ1) is 10.1. The molecule has 2 aromatic rings. The van der Waals surface area contributed by atoms with Crippen molar-refractivity contribution in [1.29, 1.82) is 5.41 Å². The van der Waals surface area contributed by atoms with Crippen LogP contribution in [0.1, 0.15) is 11.1 Å². The van der Waals surface area contributed by atoms with Crippen molar-refractivity contribution in [3.8, 4) is 0 Å². The van der Waals surface area contributed by atoms with Crippen LogP contribution in [0, 0.1) is 15.5 Å². The number of nitrogens with zero attached hydrogens (tertiary/aromatic N) is 2. The summed E-state index contributed by atoms with van der Waals surface area (Å²) in [4.78, 5) is 23.9. The number of amides is 1. The van der Waals surface area contributed by atoms with Crippen molar-refractivity contribution >= 4 is 23.0 Å². The number of rotatable bonds is 3. The predicted molar refractivity (Wildman–Crippen MR) is 77.6 cm³/mol. The van der Waals surface area contributed by atoms with Gasteiger partial charge >= 0.3 is 0 Å². The summed E-state index contributed by atoms with van der Waals surface area (Å²) in [5.41, 5.74) is 1.46. The molecule has 1 aliphatic rings. The largest absolute Gasteiger partial charge is 0.302 e. The lowest BCUT2D eigenvalue weighted by molar-refractivity contribution is -0.384. The van der Waals surface area contributed by atoms with Gasteiger partial charge in [0.05, 0.1) is 17.2 Å². The molecule has 1 aliphatic heterocycles. The van der Waals surface area contributed by atoms with Gasteiger partial charge in [0.2, 0.25) is 0 Å². The number of benzene rings is 2. The molecule has 1 heterocycles. The van der Waals surface area contributed by atoms with Crippen LogP contribution in [0.3, 0.4) is 0 Å². The zero-order valence-corrected chi connectivity index (χ0v) is 10.9. The lowest BCUT2D eigenvalue weighted by atomic mass is 10.1. The van der Waals surface area contributed by atoms with E-state index in [1.807, 2.05) is 30.3 Å². The van der Waals surface area contributed by atoms with E-state index in [0.29, 0.717) is 17.8 Å². The topological polar surface area (TPSA) is 87.3 Å². The molecular formula is C15H11N3O3. The van der Waals surface area contributed by atoms with Crippen LogP contribution in [-0.4, -0.2) is 16.5 Å². The number of nitro benzene ring substituents is 1. The van der Waals surface area contributed by atoms with E-state index in [-0.39, 0.29) is 11.4 Å². The highest BCUT2D eigenvalue weighted by Crippen LogP contribution is 2.32. The molecule has 0 saturated heterocycles. The summed E-state index contributed by atoms with van der Waals surface area (Å²) in [5.74, 6) is -0.436. The van der Waals surface area contributed by atoms with Gasteiger partial charge in [0.15, 0.2) is 0 Å². The van der Waals surface area contributed by atoms with E-state index in [1.54, 1.807) is 0 Å². The van der Waals surface area contributed by atoms with E-state index in [9.17, 15) is 14.9 Å². The molecule has 0 atom stereocenters. The van der Waals surface area contributed by atoms with Crippen molar-refractivity contribution in [1.82, 2.24) is 0 Å². The molecule has 2 aromatic carbocycles. The van der Waals surface area contributed by atoms with Crippen molar-refractivity contribution in [3.05, 3.63) is 69.8 Å². The van der Waals surface area contributed by atoms with Crippen LogP contribution in [0.15, 0.2) is 48.5 Å². The van der Waals surface area contributed by atoms with E-state index in [0.717, 1.165) is 5.56 Å². The van der Waals surface area contributed by atoms with Gasteiger partial charge in [0.1, 0.15) is 5.71 Å². The van der Waals surface area contributed by atoms with Gasteiger partial charge in [-0.15, -0.1) is 0 Å². The lowest BCUT2D eigenvalue weighted by Gasteiger charge is -2.16. The fraction of sp³-hybridized carbons (Fsp3) is 0.0667. The molecule has 6 heteroatoms. The molecule has 104 valence electrons. The SMILES string of the molecule is N=C1C(=O)N(Cc2ccccc2)c2ccc([N+](=O)[O-])cc21. The minimum atomic E-state index is -0.530. The van der Waals surface area contributed by atoms with E-state index in [1.165, 1.54) is 23.1 Å². The average Bonchev–Trinajstić information content (AvgIpc) is 2.73. The number of carbonyl (C=O) groups is 1. The van der Waals surface area contributed by atoms with Crippen molar-refractivity contribution < 1.29 is 9.72 Å². The quantitative estimate of drug-likeness (QED) is 0.692. The van der Waals surface area contributed by atoms with Gasteiger partial charge < -0.3 is 4.90 Å². The minimum absolute atomic E-state index is 0.118. The maximum Gasteiger partial charge on any atom is 0.277 e. The van der Waals surface area contributed by atoms with Gasteiger partial charge in [-0.1, -0.05) is 30.3 Å². The normalized spacial score (nSPS) is 13.4. The van der Waals surface area contributed by atoms with Crippen LogP contribution in [0.25, 0.3) is 0 Å². The molecule has 0 radical (unpaired) electrons. The van der Waals surface area contributed by atoms with Crippen LogP contribution in [0.2, 0.25) is 0 Å². The monoisotopic (exact) mass is 281 g/mol. The highest BCUT2D eigenvalue weighted by Gasteiger charge is 2.34. The Morgan fingerprint density at radius 2 is 1.86 bits per heavy atom. The van der Waals surface area contributed by atoms with Gasteiger partial charge in [-0.2, -0.15) is 0 Å². The maximum atomic E-state index is 12.2. The van der Waals surface area contributed by atoms with Gasteiger partial charge in [-0.05, 0) is 11.6 Å². The van der Waals surface area contributed by atoms with Crippen molar-refractivity contribution in [2.75, 3.05) is 4.90 Å². The first-order valence-corrected chi connectivity index (χ1v) is 6.31. The number of fused-ring (bicyclic) bond motifs is 1. The summed E-state index contributed by atoms with van der Waals surface area (Å²) in [7, 11) is 0. The average molecular weight is 281 g/mol. The molecule has 3 rings (SSSR count). The zero-order valence-electron chi connectivity index (χ0n) is 10.9. The van der Waals surface area contributed by atoms with Crippen LogP contribution in [-0.2, 0) is 11.3 Å². The molecule has 0 unspecified atom stereocenters. The van der Waals surface area contributed by atoms with Crippen molar-refractivity contribution in [2.45, 2.75) is 6.54 Å². The second-order valence-corrected chi connectivity index (χ2v) is 4.71. The third-order valence-electron chi connectivity index (χ3n) is 3.39. The van der Waals surface area contributed by atoms with E-state index < -0.39 is 10.8 Å². The first kappa shape index (κ1) is 13.0. The Morgan fingerprint density at radius 1 is 1.14 bits per heavy atom. The summed E-state index contributed by atoms with van der Waals surface area (Å²) >= 11 is 0. The number of non-ortho nitro benzene ring substituents is 1. The Hall–Kier alpha value is -3.02. The Balaban J connectivity index is 2.00. The standard InChI is InChI=1S/C15H11N3O3/c16-14-12-8-11(18(20)21)6-7-13(12)17(15(14)19)9-10-4-2-1-3-5-10/h1-8,16H,9H2. The first-order valence-electron chi connectivity index (χ1n) is 6.31. The maximum absolute atomic E-state index is 12.2. The highest BCUT2D eigenvalue weighted by molar-refractivity contribution is 6.53. The summed E-state index contributed by atoms with van der Waals surface area (Å²) in [6, 6.07) is 13.6. The smallest absolute Gasteiger partial charge is 0.277 e. The Labute approximate surface area is 120 Å². The van der Waals surface area contributed by atoms with Crippen LogP contribution < -0.4 is 4.90 Å². The van der Waals surface area contributed by atoms with Gasteiger partial charge in [0, 0.05) is 17.7 Å². The van der Waals surface area contributed by atoms with Crippen molar-refractivity contribution in [3.63, 3.8) is 0 Å². The van der Waals surface area contributed by atoms with Crippen LogP contribution in [0.4, 0.5) is 11.4 Å². The van der Waals surface area contributed by atoms with E-state index >= 15 is 0 Å². The summed E-state index contributed by atoms with van der Waals surface area (Å²) in [5, 5.41) is 18.7. The number of anilines is 1. The number of carbonyl (C=O) groups excluding carboxylic acids is 1. The molecule has 0 bridgehead atoms. The fourth-order valence-corrected chi connectivity index (χ4v) is 2.36. The molecule has 0 aliphatic carbocycles. The van der Waals surface area contributed by atoms with E-state index in [4.69, 9.17) is 5.41 Å². The number of hydrogen-bond donors (Lipinski definition) is 1. The molecule has 1 N–H and O–H groups in total. The molecule has 0 saturated carbocycles. The Kier molecular flexibility index (Phi) is 2.98. The highest BCUT2D eigenvalue weighted by atomic mass is 16.6. The second-order valence-electron chi connectivity index (χ2n) is 4.71. The zero-order chi connectivity index (χ0) is 15.0. The molecular weight excluding hydrogens is 270 g/mol. The number of nitrogens with one attached hydrogen (secondary N) is 1. The minimum Gasteiger partial charge on any atom is -0.302 e. The number of hydrogen-bond acceptors (Lipinski definition) is 4. The molecule has 0 fully saturated rings. The summed E-state index contributed by atoms with van der Waals surface area (Å²) in [6.07, 6.45) is 0. The van der Waals surface area contributed by atoms with E-state index in [2.05, 4.69) is 0 Å². The molecule has 6 nitrogen and oxygen atoms in total. The Bertz CT molecular complexity index is 756. The molecule has 21 heavy (non-hydrogen) atoms. The molecule has 1 amide bonds. The van der Waals surface area contributed by atoms with Crippen LogP contribution in [0.5, 0.6) is 0 Å². The van der Waals surface area contributed by atoms with Gasteiger partial charge in [-0.25, -0.2) is 0 Å². The third kappa shape index (κ3) is 2.16. The second kappa shape index (κ2) is 4.82. The van der Waals surface area contributed by atoms with Gasteiger partial charge in [-0.3, -0.25) is 20.3 Å². The third-order valence-corrected chi connectivity index (χ3v) is 3.39. The van der Waals surface area contributed by atoms with Gasteiger partial charge in [0.25, 0.3) is 11.6 Å². The number of nitro groups is 1. The Morgan fingerprint density at radius 3 is 2.52 bits per heavy atom. The van der Waals surface area contributed by atoms with Crippen LogP contribution >= 0.6 is 0 Å². The van der Waals surface area contributed by atoms with Crippen molar-refractivity contribution in [2.24, 2.45) is 0 Å². The predicted octanol–water partition coefficient (Wildman–Crippen LogP) is 2.51. The summed E-state index contributed by atoms with van der Waals surface area (Å²) in [6.45, 7) is 0.340. The molecule has 0 aromatic heterocycles. The summed E-state index contributed by atoms with van der Waals surface area (Å²) < 4.78 is 0. The fourth-order valence-electron chi connectivity index (χ4n) is 2.36. The lowest BCUT2D eigenvalue weighted by Crippen LogP contribution is -2.29. The molecule has 0 spiro atoms.